The van der Waals surface area contributed by atoms with E-state index in [0.29, 0.717) is 17.2 Å². The van der Waals surface area contributed by atoms with Gasteiger partial charge in [-0.05, 0) is 19.1 Å². The average molecular weight is 306 g/mol. The maximum Gasteiger partial charge on any atom is 0.328 e. The minimum absolute atomic E-state index is 0.474. The molecule has 0 aliphatic carbocycles. The van der Waals surface area contributed by atoms with E-state index in [-0.39, 0.29) is 0 Å². The number of carbonyl (C=O) groups is 1. The highest BCUT2D eigenvalue weighted by atomic mass is 16.5. The van der Waals surface area contributed by atoms with E-state index in [4.69, 9.17) is 19.3 Å². The molecule has 1 unspecified atom stereocenters. The van der Waals surface area contributed by atoms with Crippen LogP contribution in [0.15, 0.2) is 24.5 Å². The zero-order valence-corrected chi connectivity index (χ0v) is 12.9. The average Bonchev–Trinajstić information content (AvgIpc) is 3.01. The predicted molar refractivity (Wildman–Crippen MR) is 79.7 cm³/mol. The van der Waals surface area contributed by atoms with E-state index >= 15 is 0 Å². The van der Waals surface area contributed by atoms with Crippen LogP contribution >= 0.6 is 0 Å². The Balaban J connectivity index is 2.51. The third-order valence-corrected chi connectivity index (χ3v) is 3.37. The van der Waals surface area contributed by atoms with Crippen LogP contribution < -0.4 is 14.2 Å². The smallest absolute Gasteiger partial charge is 0.328 e. The van der Waals surface area contributed by atoms with Crippen LogP contribution in [0.3, 0.4) is 0 Å². The lowest BCUT2D eigenvalue weighted by molar-refractivity contribution is -0.140. The van der Waals surface area contributed by atoms with Crippen LogP contribution in [0.2, 0.25) is 0 Å². The van der Waals surface area contributed by atoms with Crippen molar-refractivity contribution in [1.82, 2.24) is 9.78 Å². The summed E-state index contributed by atoms with van der Waals surface area (Å²) in [6.45, 7) is 1.56. The summed E-state index contributed by atoms with van der Waals surface area (Å²) in [6, 6.07) is 2.82. The number of hydrogen-bond donors (Lipinski definition) is 1. The first-order valence-electron chi connectivity index (χ1n) is 6.59. The molecule has 2 aromatic rings. The Bertz CT molecular complexity index is 681. The molecule has 22 heavy (non-hydrogen) atoms. The quantitative estimate of drug-likeness (QED) is 0.881. The monoisotopic (exact) mass is 306 g/mol. The Morgan fingerprint density at radius 1 is 1.18 bits per heavy atom. The molecule has 1 heterocycles. The number of ether oxygens (including phenoxy) is 3. The summed E-state index contributed by atoms with van der Waals surface area (Å²) in [7, 11) is 4.61. The first-order valence-corrected chi connectivity index (χ1v) is 6.59. The summed E-state index contributed by atoms with van der Waals surface area (Å²) in [5.41, 5.74) is 1.47. The molecule has 0 spiro atoms. The summed E-state index contributed by atoms with van der Waals surface area (Å²) in [5.74, 6) is 0.578. The Hall–Kier alpha value is -2.70. The van der Waals surface area contributed by atoms with E-state index in [9.17, 15) is 4.79 Å². The molecule has 0 aliphatic rings. The third-order valence-electron chi connectivity index (χ3n) is 3.37. The molecule has 1 N–H and O–H groups in total. The number of carboxylic acids is 1. The number of rotatable bonds is 6. The van der Waals surface area contributed by atoms with Crippen LogP contribution in [0.4, 0.5) is 0 Å². The molecule has 118 valence electrons. The zero-order valence-electron chi connectivity index (χ0n) is 12.9. The third kappa shape index (κ3) is 2.69. The lowest BCUT2D eigenvalue weighted by Crippen LogP contribution is -2.15. The summed E-state index contributed by atoms with van der Waals surface area (Å²) >= 11 is 0. The SMILES string of the molecule is COc1ccc(-c2cnn(C(C)C(=O)O)c2)c(OC)c1OC. The van der Waals surface area contributed by atoms with Gasteiger partial charge in [-0.3, -0.25) is 4.68 Å². The van der Waals surface area contributed by atoms with Crippen molar-refractivity contribution >= 4 is 5.97 Å². The van der Waals surface area contributed by atoms with Gasteiger partial charge in [0.25, 0.3) is 0 Å². The number of methoxy groups -OCH3 is 3. The van der Waals surface area contributed by atoms with Crippen molar-refractivity contribution < 1.29 is 24.1 Å². The molecular formula is C15H18N2O5. The van der Waals surface area contributed by atoms with E-state index in [1.54, 1.807) is 32.5 Å². The number of carboxylic acid groups (broad SMARTS) is 1. The first kappa shape index (κ1) is 15.7. The first-order chi connectivity index (χ1) is 10.5. The van der Waals surface area contributed by atoms with Crippen LogP contribution in [-0.2, 0) is 4.79 Å². The minimum Gasteiger partial charge on any atom is -0.493 e. The Morgan fingerprint density at radius 2 is 1.86 bits per heavy atom. The van der Waals surface area contributed by atoms with Gasteiger partial charge in [0.1, 0.15) is 6.04 Å². The second-order valence-electron chi connectivity index (χ2n) is 4.61. The van der Waals surface area contributed by atoms with Crippen LogP contribution in [0.25, 0.3) is 11.1 Å². The molecule has 1 atom stereocenters. The van der Waals surface area contributed by atoms with E-state index in [1.165, 1.54) is 18.9 Å². The van der Waals surface area contributed by atoms with Crippen LogP contribution in [0.1, 0.15) is 13.0 Å². The van der Waals surface area contributed by atoms with E-state index in [2.05, 4.69) is 5.10 Å². The molecule has 1 aromatic carbocycles. The molecule has 0 amide bonds. The lowest BCUT2D eigenvalue weighted by Gasteiger charge is -2.15. The molecule has 0 fully saturated rings. The minimum atomic E-state index is -0.950. The van der Waals surface area contributed by atoms with Gasteiger partial charge in [0.2, 0.25) is 5.75 Å². The molecule has 0 bridgehead atoms. The van der Waals surface area contributed by atoms with Crippen molar-refractivity contribution in [2.45, 2.75) is 13.0 Å². The van der Waals surface area contributed by atoms with Crippen LogP contribution in [0, 0.1) is 0 Å². The number of aromatic nitrogens is 2. The number of aliphatic carboxylic acids is 1. The van der Waals surface area contributed by atoms with Gasteiger partial charge in [-0.2, -0.15) is 5.10 Å². The maximum atomic E-state index is 11.0. The Morgan fingerprint density at radius 3 is 2.41 bits per heavy atom. The zero-order chi connectivity index (χ0) is 16.3. The normalized spacial score (nSPS) is 11.8. The van der Waals surface area contributed by atoms with Crippen molar-refractivity contribution in [3.63, 3.8) is 0 Å². The fourth-order valence-electron chi connectivity index (χ4n) is 2.13. The molecule has 2 rings (SSSR count). The Labute approximate surface area is 128 Å². The molecular weight excluding hydrogens is 288 g/mol. The van der Waals surface area contributed by atoms with Crippen LogP contribution in [-0.4, -0.2) is 42.2 Å². The molecule has 7 nitrogen and oxygen atoms in total. The Kier molecular flexibility index (Phi) is 4.55. The highest BCUT2D eigenvalue weighted by molar-refractivity contribution is 5.76. The van der Waals surface area contributed by atoms with Gasteiger partial charge < -0.3 is 19.3 Å². The van der Waals surface area contributed by atoms with E-state index in [0.717, 1.165) is 11.1 Å². The van der Waals surface area contributed by atoms with Gasteiger partial charge in [0, 0.05) is 17.3 Å². The van der Waals surface area contributed by atoms with Gasteiger partial charge in [0.15, 0.2) is 11.5 Å². The second kappa shape index (κ2) is 6.38. The van der Waals surface area contributed by atoms with Crippen LogP contribution in [0.5, 0.6) is 17.2 Å². The summed E-state index contributed by atoms with van der Waals surface area (Å²) < 4.78 is 17.4. The molecule has 0 aliphatic heterocycles. The molecule has 0 saturated carbocycles. The molecule has 0 radical (unpaired) electrons. The lowest BCUT2D eigenvalue weighted by atomic mass is 10.1. The molecule has 0 saturated heterocycles. The van der Waals surface area contributed by atoms with Gasteiger partial charge >= 0.3 is 5.97 Å². The van der Waals surface area contributed by atoms with Gasteiger partial charge in [-0.1, -0.05) is 0 Å². The van der Waals surface area contributed by atoms with Crippen molar-refractivity contribution in [2.24, 2.45) is 0 Å². The van der Waals surface area contributed by atoms with E-state index in [1.807, 2.05) is 6.07 Å². The largest absolute Gasteiger partial charge is 0.493 e. The summed E-state index contributed by atoms with van der Waals surface area (Å²) in [5, 5.41) is 13.1. The van der Waals surface area contributed by atoms with E-state index < -0.39 is 12.0 Å². The fraction of sp³-hybridized carbons (Fsp3) is 0.333. The molecule has 7 heteroatoms. The van der Waals surface area contributed by atoms with Crippen molar-refractivity contribution in [3.8, 4) is 28.4 Å². The summed E-state index contributed by atoms with van der Waals surface area (Å²) in [6.07, 6.45) is 3.24. The van der Waals surface area contributed by atoms with Gasteiger partial charge in [-0.25, -0.2) is 4.79 Å². The van der Waals surface area contributed by atoms with Crippen molar-refractivity contribution in [3.05, 3.63) is 24.5 Å². The van der Waals surface area contributed by atoms with Crippen molar-refractivity contribution in [1.29, 1.82) is 0 Å². The maximum absolute atomic E-state index is 11.0. The fourth-order valence-corrected chi connectivity index (χ4v) is 2.13. The molecule has 1 aromatic heterocycles. The topological polar surface area (TPSA) is 82.8 Å². The number of hydrogen-bond acceptors (Lipinski definition) is 5. The van der Waals surface area contributed by atoms with Crippen molar-refractivity contribution in [2.75, 3.05) is 21.3 Å². The number of nitrogens with zero attached hydrogens (tertiary/aromatic N) is 2. The number of benzene rings is 1. The second-order valence-corrected chi connectivity index (χ2v) is 4.61. The highest BCUT2D eigenvalue weighted by Gasteiger charge is 2.20. The van der Waals surface area contributed by atoms with Gasteiger partial charge in [-0.15, -0.1) is 0 Å². The van der Waals surface area contributed by atoms with Gasteiger partial charge in [0.05, 0.1) is 27.5 Å². The standard InChI is InChI=1S/C15H18N2O5/c1-9(15(18)19)17-8-10(7-16-17)11-5-6-12(20-2)14(22-4)13(11)21-3/h5-9H,1-4H3,(H,18,19). The summed E-state index contributed by atoms with van der Waals surface area (Å²) in [4.78, 5) is 11.0. The highest BCUT2D eigenvalue weighted by Crippen LogP contribution is 2.44. The predicted octanol–water partition coefficient (Wildman–Crippen LogP) is 2.22.